The van der Waals surface area contributed by atoms with Gasteiger partial charge in [0, 0.05) is 7.11 Å². The summed E-state index contributed by atoms with van der Waals surface area (Å²) >= 11 is 0. The normalized spacial score (nSPS) is 20.4. The number of hydrogen-bond acceptors (Lipinski definition) is 11. The zero-order valence-electron chi connectivity index (χ0n) is 27.2. The zero-order chi connectivity index (χ0) is 33.8. The van der Waals surface area contributed by atoms with Crippen molar-refractivity contribution >= 4 is 11.5 Å². The van der Waals surface area contributed by atoms with E-state index in [0.717, 1.165) is 16.7 Å². The molecule has 0 radical (unpaired) electrons. The molecule has 2 aliphatic heterocycles. The Bertz CT molecular complexity index is 1690. The molecule has 4 unspecified atom stereocenters. The van der Waals surface area contributed by atoms with Crippen LogP contribution in [0.15, 0.2) is 83.7 Å². The van der Waals surface area contributed by atoms with Crippen LogP contribution in [-0.2, 0) is 24.5 Å². The van der Waals surface area contributed by atoms with Crippen molar-refractivity contribution in [3.63, 3.8) is 0 Å². The topological polar surface area (TPSA) is 126 Å². The molecule has 1 saturated heterocycles. The number of halogens is 1. The highest BCUT2D eigenvalue weighted by molar-refractivity contribution is 5.70. The van der Waals surface area contributed by atoms with Crippen molar-refractivity contribution in [1.29, 1.82) is 0 Å². The molecule has 0 amide bonds. The lowest BCUT2D eigenvalue weighted by Crippen LogP contribution is -2.46. The lowest BCUT2D eigenvalue weighted by atomic mass is 9.80. The lowest BCUT2D eigenvalue weighted by molar-refractivity contribution is -0.0823. The van der Waals surface area contributed by atoms with Gasteiger partial charge in [0.15, 0.2) is 12.0 Å². The molecule has 2 N–H and O–H groups in total. The summed E-state index contributed by atoms with van der Waals surface area (Å²) in [5.74, 6) is 1.47. The van der Waals surface area contributed by atoms with Crippen molar-refractivity contribution in [3.8, 4) is 11.5 Å². The summed E-state index contributed by atoms with van der Waals surface area (Å²) in [5, 5.41) is 14.6. The quantitative estimate of drug-likeness (QED) is 0.161. The third kappa shape index (κ3) is 6.11. The zero-order valence-corrected chi connectivity index (χ0v) is 27.2. The molecule has 1 fully saturated rings. The van der Waals surface area contributed by atoms with Crippen LogP contribution >= 0.6 is 0 Å². The maximum Gasteiger partial charge on any atom is 0.307 e. The summed E-state index contributed by atoms with van der Waals surface area (Å²) < 4.78 is 50.0. The van der Waals surface area contributed by atoms with E-state index in [1.165, 1.54) is 6.92 Å². The average molecular weight is 663 g/mol. The number of anilines is 2. The first-order valence-corrected chi connectivity index (χ1v) is 15.5. The van der Waals surface area contributed by atoms with Crippen LogP contribution in [0.5, 0.6) is 11.5 Å². The number of hydrogen-bond donors (Lipinski definition) is 2. The van der Waals surface area contributed by atoms with Gasteiger partial charge in [0.25, 0.3) is 0 Å². The number of methoxy groups -OCH3 is 3. The van der Waals surface area contributed by atoms with Gasteiger partial charge < -0.3 is 43.7 Å². The summed E-state index contributed by atoms with van der Waals surface area (Å²) in [6, 6.07) is 25.0. The second kappa shape index (κ2) is 14.3. The fourth-order valence-corrected chi connectivity index (χ4v) is 6.24. The fourth-order valence-electron chi connectivity index (χ4n) is 6.24. The number of rotatable bonds is 13. The van der Waals surface area contributed by atoms with E-state index < -0.39 is 35.7 Å². The molecule has 13 heteroatoms. The number of benzene rings is 3. The molecule has 0 spiro atoms. The average Bonchev–Trinajstić information content (AvgIpc) is 3.68. The van der Waals surface area contributed by atoms with Gasteiger partial charge in [-0.25, -0.2) is 4.98 Å². The van der Waals surface area contributed by atoms with E-state index in [1.54, 1.807) is 26.2 Å². The molecule has 48 heavy (non-hydrogen) atoms. The Hall–Kier alpha value is -4.53. The Morgan fingerprint density at radius 1 is 0.938 bits per heavy atom. The molecule has 3 heterocycles. The fraction of sp³-hybridized carbons (Fsp3) is 0.371. The number of ether oxygens (including phenoxy) is 6. The highest BCUT2D eigenvalue weighted by Gasteiger charge is 2.51. The minimum Gasteiger partial charge on any atom is -0.497 e. The van der Waals surface area contributed by atoms with Gasteiger partial charge in [0.2, 0.25) is 0 Å². The Morgan fingerprint density at radius 3 is 2.12 bits per heavy atom. The number of aromatic nitrogens is 2. The Kier molecular flexibility index (Phi) is 9.94. The van der Waals surface area contributed by atoms with Crippen molar-refractivity contribution in [2.24, 2.45) is 0 Å². The molecule has 0 bridgehead atoms. The second-order valence-corrected chi connectivity index (χ2v) is 11.4. The number of nitrogens with zero attached hydrogens (tertiary/aromatic N) is 3. The number of nitrogens with one attached hydrogen (secondary N) is 1. The summed E-state index contributed by atoms with van der Waals surface area (Å²) in [4.78, 5) is 18.6. The van der Waals surface area contributed by atoms with E-state index in [4.69, 9.17) is 28.4 Å². The predicted octanol–water partition coefficient (Wildman–Crippen LogP) is 3.62. The van der Waals surface area contributed by atoms with Gasteiger partial charge in [-0.3, -0.25) is 4.79 Å². The molecular formula is C35H39FN4O8. The van der Waals surface area contributed by atoms with Gasteiger partial charge >= 0.3 is 5.56 Å². The highest BCUT2D eigenvalue weighted by Crippen LogP contribution is 2.43. The molecule has 4 atom stereocenters. The minimum atomic E-state index is -1.15. The Balaban J connectivity index is 1.38. The summed E-state index contributed by atoms with van der Waals surface area (Å²) in [7, 11) is 4.77. The van der Waals surface area contributed by atoms with E-state index >= 15 is 0 Å². The number of aryl methyl sites for hydroxylation is 1. The third-order valence-corrected chi connectivity index (χ3v) is 8.72. The van der Waals surface area contributed by atoms with Gasteiger partial charge in [-0.2, -0.15) is 0 Å². The first-order chi connectivity index (χ1) is 23.3. The summed E-state index contributed by atoms with van der Waals surface area (Å²) in [6.07, 6.45) is -3.81. The first kappa shape index (κ1) is 33.4. The van der Waals surface area contributed by atoms with E-state index in [2.05, 4.69) is 10.3 Å². The lowest BCUT2D eigenvalue weighted by Gasteiger charge is -2.37. The van der Waals surface area contributed by atoms with Crippen molar-refractivity contribution in [3.05, 3.63) is 112 Å². The monoisotopic (exact) mass is 662 g/mol. The molecule has 3 aromatic carbocycles. The molecule has 2 aliphatic rings. The van der Waals surface area contributed by atoms with Gasteiger partial charge in [0.1, 0.15) is 46.9 Å². The van der Waals surface area contributed by atoms with Crippen molar-refractivity contribution < 1.29 is 38.0 Å². The predicted molar refractivity (Wildman–Crippen MR) is 175 cm³/mol. The maximum atomic E-state index is 14.4. The third-order valence-electron chi connectivity index (χ3n) is 8.72. The SMILES string of the molecule is COCCOC1C(O)C(COC(c2ccccc2)(c2ccc(OC)cc2)c2ccc(OC)cc2)OC1N1CNc2c1nc(C)n(F)c2=O. The van der Waals surface area contributed by atoms with Crippen LogP contribution in [0.1, 0.15) is 22.5 Å². The van der Waals surface area contributed by atoms with E-state index in [1.807, 2.05) is 78.9 Å². The molecule has 254 valence electrons. The van der Waals surface area contributed by atoms with Crippen molar-refractivity contribution in [1.82, 2.24) is 9.77 Å². The Morgan fingerprint density at radius 2 is 1.54 bits per heavy atom. The van der Waals surface area contributed by atoms with E-state index in [9.17, 15) is 14.4 Å². The van der Waals surface area contributed by atoms with Crippen LogP contribution in [0.3, 0.4) is 0 Å². The second-order valence-electron chi connectivity index (χ2n) is 11.4. The first-order valence-electron chi connectivity index (χ1n) is 15.5. The van der Waals surface area contributed by atoms with Crippen LogP contribution < -0.4 is 25.2 Å². The molecule has 12 nitrogen and oxygen atoms in total. The molecule has 0 saturated carbocycles. The molecule has 4 aromatic rings. The number of fused-ring (bicyclic) bond motifs is 1. The van der Waals surface area contributed by atoms with Gasteiger partial charge in [-0.15, -0.1) is 4.79 Å². The standard InChI is InChI=1S/C35H39FN4O8/c1-22-38-32-29(33(42)40(22)36)37-21-39(32)34-31(46-19-18-43-2)30(41)28(48-34)20-47-35(23-8-6-5-7-9-23,24-10-14-26(44-3)15-11-24)25-12-16-27(45-4)17-13-25/h5-17,28,30-31,34,37,41H,18-21H2,1-4H3. The van der Waals surface area contributed by atoms with Crippen molar-refractivity contribution in [2.75, 3.05) is 58.0 Å². The maximum absolute atomic E-state index is 14.4. The minimum absolute atomic E-state index is 0.00126. The van der Waals surface area contributed by atoms with Gasteiger partial charge in [-0.05, 0) is 47.9 Å². The van der Waals surface area contributed by atoms with Crippen LogP contribution in [-0.4, -0.2) is 87.2 Å². The smallest absolute Gasteiger partial charge is 0.307 e. The molecule has 6 rings (SSSR count). The Labute approximate surface area is 277 Å². The van der Waals surface area contributed by atoms with Gasteiger partial charge in [-0.1, -0.05) is 59.1 Å². The van der Waals surface area contributed by atoms with Gasteiger partial charge in [0.05, 0.1) is 40.7 Å². The van der Waals surface area contributed by atoms with Crippen molar-refractivity contribution in [2.45, 2.75) is 37.1 Å². The summed E-state index contributed by atoms with van der Waals surface area (Å²) in [6.45, 7) is 1.86. The molecular weight excluding hydrogens is 623 g/mol. The largest absolute Gasteiger partial charge is 0.497 e. The highest BCUT2D eigenvalue weighted by atomic mass is 19.2. The van der Waals surface area contributed by atoms with Crippen LogP contribution in [0, 0.1) is 6.92 Å². The van der Waals surface area contributed by atoms with E-state index in [0.29, 0.717) is 11.5 Å². The summed E-state index contributed by atoms with van der Waals surface area (Å²) in [5.41, 5.74) is 0.464. The van der Waals surface area contributed by atoms with Crippen LogP contribution in [0.25, 0.3) is 0 Å². The van der Waals surface area contributed by atoms with Crippen LogP contribution in [0.4, 0.5) is 16.0 Å². The molecule has 0 aliphatic carbocycles. The van der Waals surface area contributed by atoms with E-state index in [-0.39, 0.29) is 48.6 Å². The number of aliphatic hydroxyl groups is 1. The van der Waals surface area contributed by atoms with Crippen LogP contribution in [0.2, 0.25) is 0 Å². The molecule has 1 aromatic heterocycles. The number of aliphatic hydroxyl groups excluding tert-OH is 1.